The second-order valence-corrected chi connectivity index (χ2v) is 9.27. The summed E-state index contributed by atoms with van der Waals surface area (Å²) in [4.78, 5) is 49.7. The maximum Gasteiger partial charge on any atom is 0.408 e. The number of benzene rings is 2. The molecule has 9 heteroatoms. The van der Waals surface area contributed by atoms with Gasteiger partial charge in [-0.1, -0.05) is 42.5 Å². The molecule has 1 unspecified atom stereocenters. The highest BCUT2D eigenvalue weighted by molar-refractivity contribution is 5.81. The van der Waals surface area contributed by atoms with E-state index in [4.69, 9.17) is 9.47 Å². The summed E-state index contributed by atoms with van der Waals surface area (Å²) in [6.07, 6.45) is -0.458. The Bertz CT molecular complexity index is 1020. The molecule has 36 heavy (non-hydrogen) atoms. The van der Waals surface area contributed by atoms with Crippen molar-refractivity contribution >= 4 is 30.0 Å². The van der Waals surface area contributed by atoms with E-state index in [1.807, 2.05) is 35.2 Å². The van der Waals surface area contributed by atoms with Gasteiger partial charge in [0, 0.05) is 12.2 Å². The normalized spacial score (nSPS) is 12.7. The Morgan fingerprint density at radius 1 is 1.03 bits per heavy atom. The molecule has 0 saturated carbocycles. The molecule has 2 N–H and O–H groups in total. The van der Waals surface area contributed by atoms with Crippen LogP contribution >= 0.6 is 0 Å². The Morgan fingerprint density at radius 3 is 2.19 bits per heavy atom. The van der Waals surface area contributed by atoms with E-state index in [0.717, 1.165) is 11.3 Å². The molecule has 0 bridgehead atoms. The zero-order chi connectivity index (χ0) is 26.7. The van der Waals surface area contributed by atoms with Crippen LogP contribution in [0.4, 0.5) is 10.5 Å². The highest BCUT2D eigenvalue weighted by Crippen LogP contribution is 2.21. The molecule has 2 rings (SSSR count). The highest BCUT2D eigenvalue weighted by Gasteiger charge is 2.31. The summed E-state index contributed by atoms with van der Waals surface area (Å²) in [6.45, 7) is 7.56. The average molecular weight is 499 g/mol. The molecule has 0 spiro atoms. The van der Waals surface area contributed by atoms with Crippen LogP contribution in [-0.2, 0) is 36.8 Å². The quantitative estimate of drug-likeness (QED) is 0.336. The largest absolute Gasteiger partial charge is 0.481 e. The molecule has 0 heterocycles. The first-order valence-electron chi connectivity index (χ1n) is 11.7. The number of ether oxygens (including phenoxy) is 2. The predicted molar refractivity (Wildman–Crippen MR) is 135 cm³/mol. The van der Waals surface area contributed by atoms with Crippen molar-refractivity contribution in [3.05, 3.63) is 65.7 Å². The van der Waals surface area contributed by atoms with Crippen LogP contribution in [0.5, 0.6) is 0 Å². The van der Waals surface area contributed by atoms with E-state index in [1.165, 1.54) is 0 Å². The Hall–Kier alpha value is -3.88. The number of hydrogen-bond donors (Lipinski definition) is 2. The van der Waals surface area contributed by atoms with Crippen LogP contribution < -0.4 is 10.2 Å². The smallest absolute Gasteiger partial charge is 0.408 e. The third-order valence-electron chi connectivity index (χ3n) is 5.18. The van der Waals surface area contributed by atoms with Crippen molar-refractivity contribution in [3.63, 3.8) is 0 Å². The zero-order valence-electron chi connectivity index (χ0n) is 21.1. The number of esters is 1. The van der Waals surface area contributed by atoms with Crippen molar-refractivity contribution in [3.8, 4) is 0 Å². The van der Waals surface area contributed by atoms with Crippen LogP contribution in [-0.4, -0.2) is 54.2 Å². The molecule has 0 fully saturated rings. The van der Waals surface area contributed by atoms with Gasteiger partial charge >= 0.3 is 18.0 Å². The third-order valence-corrected chi connectivity index (χ3v) is 5.18. The van der Waals surface area contributed by atoms with Gasteiger partial charge in [-0.3, -0.25) is 9.59 Å². The van der Waals surface area contributed by atoms with Crippen molar-refractivity contribution < 1.29 is 33.8 Å². The monoisotopic (exact) mass is 498 g/mol. The van der Waals surface area contributed by atoms with Gasteiger partial charge in [0.05, 0.1) is 12.5 Å². The van der Waals surface area contributed by atoms with Crippen LogP contribution in [0.2, 0.25) is 0 Å². The minimum Gasteiger partial charge on any atom is -0.481 e. The first-order valence-corrected chi connectivity index (χ1v) is 11.7. The minimum absolute atomic E-state index is 0.00534. The SMILES string of the molecule is CCOC(=O)CN(Cc1ccccc1)c1ccc(CC(C(=O)O)[C@@H](C=O)NC(=O)OC(C)(C)C)cc1. The van der Waals surface area contributed by atoms with E-state index in [1.54, 1.807) is 52.0 Å². The first-order chi connectivity index (χ1) is 17.0. The standard InChI is InChI=1S/C27H34N2O7/c1-5-35-24(31)17-29(16-20-9-7-6-8-10-20)21-13-11-19(12-14-21)15-22(25(32)33)23(18-30)28-26(34)36-27(2,3)4/h6-14,18,22-23H,5,15-17H2,1-4H3,(H,28,34)(H,32,33)/t22?,23-/m1/s1. The lowest BCUT2D eigenvalue weighted by Crippen LogP contribution is -2.47. The number of aldehydes is 1. The first kappa shape index (κ1) is 28.4. The van der Waals surface area contributed by atoms with Crippen molar-refractivity contribution in [1.29, 1.82) is 0 Å². The van der Waals surface area contributed by atoms with Crippen molar-refractivity contribution in [1.82, 2.24) is 5.32 Å². The number of hydrogen-bond acceptors (Lipinski definition) is 7. The molecular weight excluding hydrogens is 464 g/mol. The maximum atomic E-state index is 12.2. The van der Waals surface area contributed by atoms with Crippen LogP contribution in [0.3, 0.4) is 0 Å². The van der Waals surface area contributed by atoms with E-state index in [-0.39, 0.29) is 25.5 Å². The predicted octanol–water partition coefficient (Wildman–Crippen LogP) is 3.59. The number of nitrogens with one attached hydrogen (secondary N) is 1. The molecule has 0 saturated heterocycles. The summed E-state index contributed by atoms with van der Waals surface area (Å²) < 4.78 is 10.3. The van der Waals surface area contributed by atoms with Crippen LogP contribution in [0.15, 0.2) is 54.6 Å². The summed E-state index contributed by atoms with van der Waals surface area (Å²) in [6, 6.07) is 15.5. The Balaban J connectivity index is 2.18. The Kier molecular flexibility index (Phi) is 10.5. The van der Waals surface area contributed by atoms with E-state index < -0.39 is 29.6 Å². The van der Waals surface area contributed by atoms with Crippen molar-refractivity contribution in [2.45, 2.75) is 52.3 Å². The summed E-state index contributed by atoms with van der Waals surface area (Å²) in [7, 11) is 0. The number of carbonyl (C=O) groups is 4. The van der Waals surface area contributed by atoms with Crippen LogP contribution in [0, 0.1) is 5.92 Å². The minimum atomic E-state index is -1.27. The second-order valence-electron chi connectivity index (χ2n) is 9.27. The summed E-state index contributed by atoms with van der Waals surface area (Å²) >= 11 is 0. The van der Waals surface area contributed by atoms with Gasteiger partial charge in [-0.25, -0.2) is 4.79 Å². The number of anilines is 1. The van der Waals surface area contributed by atoms with Gasteiger partial charge in [0.15, 0.2) is 0 Å². The lowest BCUT2D eigenvalue weighted by Gasteiger charge is -2.25. The summed E-state index contributed by atoms with van der Waals surface area (Å²) in [5, 5.41) is 12.1. The second kappa shape index (κ2) is 13.3. The number of aliphatic carboxylic acids is 1. The van der Waals surface area contributed by atoms with E-state index in [9.17, 15) is 24.3 Å². The maximum absolute atomic E-state index is 12.2. The van der Waals surface area contributed by atoms with E-state index in [2.05, 4.69) is 5.32 Å². The van der Waals surface area contributed by atoms with Gasteiger partial charge in [-0.2, -0.15) is 0 Å². The van der Waals surface area contributed by atoms with E-state index >= 15 is 0 Å². The Morgan fingerprint density at radius 2 is 1.67 bits per heavy atom. The lowest BCUT2D eigenvalue weighted by molar-refractivity contribution is -0.144. The fourth-order valence-corrected chi connectivity index (χ4v) is 3.54. The lowest BCUT2D eigenvalue weighted by atomic mass is 9.92. The zero-order valence-corrected chi connectivity index (χ0v) is 21.1. The number of amides is 1. The van der Waals surface area contributed by atoms with Gasteiger partial charge in [0.25, 0.3) is 0 Å². The van der Waals surface area contributed by atoms with Gasteiger partial charge in [0.1, 0.15) is 24.5 Å². The number of alkyl carbamates (subject to hydrolysis) is 1. The molecule has 194 valence electrons. The number of carbonyl (C=O) groups excluding carboxylic acids is 3. The van der Waals surface area contributed by atoms with Gasteiger partial charge in [-0.15, -0.1) is 0 Å². The van der Waals surface area contributed by atoms with Crippen LogP contribution in [0.25, 0.3) is 0 Å². The fourth-order valence-electron chi connectivity index (χ4n) is 3.54. The average Bonchev–Trinajstić information content (AvgIpc) is 2.81. The molecule has 0 aromatic heterocycles. The molecule has 2 aromatic carbocycles. The molecule has 1 amide bonds. The Labute approximate surface area is 211 Å². The number of nitrogens with zero attached hydrogens (tertiary/aromatic N) is 1. The summed E-state index contributed by atoms with van der Waals surface area (Å²) in [5.41, 5.74) is 1.63. The van der Waals surface area contributed by atoms with Crippen molar-refractivity contribution in [2.75, 3.05) is 18.1 Å². The molecule has 0 aliphatic heterocycles. The van der Waals surface area contributed by atoms with E-state index in [0.29, 0.717) is 18.4 Å². The number of carboxylic acid groups (broad SMARTS) is 1. The number of rotatable bonds is 12. The van der Waals surface area contributed by atoms with Gasteiger partial charge in [-0.05, 0) is 57.4 Å². The number of carboxylic acids is 1. The fraction of sp³-hybridized carbons (Fsp3) is 0.407. The van der Waals surface area contributed by atoms with Gasteiger partial charge in [0.2, 0.25) is 0 Å². The molecular formula is C27H34N2O7. The van der Waals surface area contributed by atoms with Crippen molar-refractivity contribution in [2.24, 2.45) is 5.92 Å². The topological polar surface area (TPSA) is 122 Å². The highest BCUT2D eigenvalue weighted by atomic mass is 16.6. The molecule has 9 nitrogen and oxygen atoms in total. The molecule has 0 aliphatic carbocycles. The molecule has 2 aromatic rings. The third kappa shape index (κ3) is 9.40. The van der Waals surface area contributed by atoms with Crippen LogP contribution in [0.1, 0.15) is 38.8 Å². The summed E-state index contributed by atoms with van der Waals surface area (Å²) in [5.74, 6) is -2.77. The molecule has 2 atom stereocenters. The van der Waals surface area contributed by atoms with Gasteiger partial charge < -0.3 is 29.6 Å². The molecule has 0 aliphatic rings. The molecule has 0 radical (unpaired) electrons.